The van der Waals surface area contributed by atoms with Crippen molar-refractivity contribution in [1.29, 1.82) is 0 Å². The number of fused-ring (bicyclic) bond motifs is 1. The molecular weight excluding hydrogens is 576 g/mol. The molecule has 0 spiro atoms. The Morgan fingerprint density at radius 3 is 2.43 bits per heavy atom. The minimum Gasteiger partial charge on any atom is -0.490 e. The Morgan fingerprint density at radius 2 is 1.80 bits per heavy atom. The number of esters is 1. The van der Waals surface area contributed by atoms with Crippen LogP contribution in [0.4, 0.5) is 5.69 Å². The van der Waals surface area contributed by atoms with Crippen LogP contribution in [0.25, 0.3) is 11.1 Å². The van der Waals surface area contributed by atoms with E-state index in [9.17, 15) is 9.90 Å². The van der Waals surface area contributed by atoms with E-state index in [1.54, 1.807) is 0 Å². The lowest BCUT2D eigenvalue weighted by molar-refractivity contribution is -0.171. The van der Waals surface area contributed by atoms with Gasteiger partial charge in [0.25, 0.3) is 0 Å². The number of hydrogen-bond acceptors (Lipinski definition) is 7. The number of benzene rings is 2. The molecule has 7 heteroatoms. The van der Waals surface area contributed by atoms with Gasteiger partial charge in [0.15, 0.2) is 6.10 Å². The predicted octanol–water partition coefficient (Wildman–Crippen LogP) is 7.92. The molecule has 248 valence electrons. The molecule has 1 N–H and O–H groups in total. The lowest BCUT2D eigenvalue weighted by atomic mass is 9.81. The van der Waals surface area contributed by atoms with Crippen molar-refractivity contribution < 1.29 is 24.1 Å². The number of anilines is 1. The molecule has 0 radical (unpaired) electrons. The van der Waals surface area contributed by atoms with Gasteiger partial charge in [-0.3, -0.25) is 4.98 Å². The lowest BCUT2D eigenvalue weighted by Gasteiger charge is -2.41. The summed E-state index contributed by atoms with van der Waals surface area (Å²) in [6.45, 7) is 17.5. The first kappa shape index (κ1) is 33.9. The van der Waals surface area contributed by atoms with Gasteiger partial charge in [0.1, 0.15) is 11.9 Å². The van der Waals surface area contributed by atoms with Crippen molar-refractivity contribution >= 4 is 11.7 Å². The van der Waals surface area contributed by atoms with Crippen molar-refractivity contribution in [2.75, 3.05) is 18.0 Å². The molecule has 3 heterocycles. The third-order valence-electron chi connectivity index (χ3n) is 9.04. The van der Waals surface area contributed by atoms with E-state index >= 15 is 0 Å². The molecule has 7 nitrogen and oxygen atoms in total. The van der Waals surface area contributed by atoms with Crippen LogP contribution >= 0.6 is 0 Å². The summed E-state index contributed by atoms with van der Waals surface area (Å²) in [6.07, 6.45) is 3.54. The first-order valence-corrected chi connectivity index (χ1v) is 16.9. The first-order chi connectivity index (χ1) is 21.7. The highest BCUT2D eigenvalue weighted by atomic mass is 16.6. The lowest BCUT2D eigenvalue weighted by Crippen LogP contribution is -2.39. The highest BCUT2D eigenvalue weighted by molar-refractivity contribution is 5.89. The Kier molecular flexibility index (Phi) is 10.1. The number of carbonyl (C=O) groups excluding carboxylic acids is 1. The van der Waals surface area contributed by atoms with Crippen LogP contribution in [-0.4, -0.2) is 47.0 Å². The number of ether oxygens (including phenoxy) is 3. The minimum atomic E-state index is -0.981. The number of rotatable bonds is 9. The molecule has 2 aromatic carbocycles. The standard InChI is InChI=1S/C39H52N2O5/c1-25(2)44-37(43)36(46-38(4,5)6)33-26(3)40-31(24-42)34(35(33)41-20-18-39(7,8)19-21-41)29-15-17-32-28(23-29)14-16-30(45-32)22-27-12-10-9-11-13-27/h9-13,15,17,23,25,30,36,42H,14,16,18-22,24H2,1-8H3/t30-,36?/m0/s1. The topological polar surface area (TPSA) is 81.1 Å². The maximum atomic E-state index is 13.8. The fourth-order valence-corrected chi connectivity index (χ4v) is 6.65. The second-order valence-electron chi connectivity index (χ2n) is 15.0. The molecule has 2 aliphatic rings. The van der Waals surface area contributed by atoms with Crippen LogP contribution < -0.4 is 9.64 Å². The molecule has 2 aliphatic heterocycles. The number of carbonyl (C=O) groups is 1. The van der Waals surface area contributed by atoms with Crippen LogP contribution in [0, 0.1) is 12.3 Å². The highest BCUT2D eigenvalue weighted by Crippen LogP contribution is 2.46. The quantitative estimate of drug-likeness (QED) is 0.241. The zero-order chi connectivity index (χ0) is 33.2. The van der Waals surface area contributed by atoms with Crippen LogP contribution in [0.5, 0.6) is 5.75 Å². The Hall–Kier alpha value is -3.42. The minimum absolute atomic E-state index is 0.121. The third kappa shape index (κ3) is 7.92. The Labute approximate surface area is 275 Å². The van der Waals surface area contributed by atoms with Gasteiger partial charge in [-0.25, -0.2) is 4.79 Å². The molecule has 1 aromatic heterocycles. The SMILES string of the molecule is Cc1nc(CO)c(-c2ccc3c(c2)CC[C@@H](Cc2ccccc2)O3)c(N2CCC(C)(C)CC2)c1C(OC(C)(C)C)C(=O)OC(C)C. The summed E-state index contributed by atoms with van der Waals surface area (Å²) in [5.41, 5.74) is 6.67. The summed E-state index contributed by atoms with van der Waals surface area (Å²) >= 11 is 0. The van der Waals surface area contributed by atoms with Gasteiger partial charge in [-0.2, -0.15) is 0 Å². The van der Waals surface area contributed by atoms with E-state index in [4.69, 9.17) is 19.2 Å². The molecule has 0 amide bonds. The maximum absolute atomic E-state index is 13.8. The summed E-state index contributed by atoms with van der Waals surface area (Å²) < 4.78 is 18.8. The Morgan fingerprint density at radius 1 is 1.11 bits per heavy atom. The second-order valence-corrected chi connectivity index (χ2v) is 15.0. The molecule has 0 bridgehead atoms. The number of hydrogen-bond donors (Lipinski definition) is 1. The maximum Gasteiger partial charge on any atom is 0.340 e. The van der Waals surface area contributed by atoms with E-state index in [0.717, 1.165) is 73.3 Å². The number of pyridine rings is 1. The summed E-state index contributed by atoms with van der Waals surface area (Å²) in [5.74, 6) is 0.469. The van der Waals surface area contributed by atoms with Crippen LogP contribution in [0.15, 0.2) is 48.5 Å². The summed E-state index contributed by atoms with van der Waals surface area (Å²) in [7, 11) is 0. The largest absolute Gasteiger partial charge is 0.490 e. The molecule has 1 fully saturated rings. The molecule has 2 atom stereocenters. The fraction of sp³-hybridized carbons (Fsp3) is 0.538. The molecule has 1 saturated heterocycles. The molecule has 0 saturated carbocycles. The van der Waals surface area contributed by atoms with Gasteiger partial charge in [-0.05, 0) is 101 Å². The van der Waals surface area contributed by atoms with Crippen LogP contribution in [0.1, 0.15) is 102 Å². The van der Waals surface area contributed by atoms with Crippen molar-refractivity contribution in [1.82, 2.24) is 4.98 Å². The van der Waals surface area contributed by atoms with Gasteiger partial charge in [-0.1, -0.05) is 50.2 Å². The third-order valence-corrected chi connectivity index (χ3v) is 9.04. The van der Waals surface area contributed by atoms with E-state index in [0.29, 0.717) is 17.0 Å². The van der Waals surface area contributed by atoms with E-state index in [1.807, 2.05) is 47.6 Å². The van der Waals surface area contributed by atoms with Crippen molar-refractivity contribution in [3.8, 4) is 16.9 Å². The van der Waals surface area contributed by atoms with Crippen LogP contribution in [0.3, 0.4) is 0 Å². The monoisotopic (exact) mass is 628 g/mol. The summed E-state index contributed by atoms with van der Waals surface area (Å²) in [5, 5.41) is 10.7. The van der Waals surface area contributed by atoms with E-state index in [1.165, 1.54) is 5.56 Å². The van der Waals surface area contributed by atoms with Crippen molar-refractivity contribution in [3.05, 3.63) is 76.6 Å². The van der Waals surface area contributed by atoms with Crippen LogP contribution in [-0.2, 0) is 33.7 Å². The number of aromatic nitrogens is 1. The number of aryl methyl sites for hydroxylation is 2. The van der Waals surface area contributed by atoms with Gasteiger partial charge < -0.3 is 24.2 Å². The predicted molar refractivity (Wildman–Crippen MR) is 183 cm³/mol. The van der Waals surface area contributed by atoms with Crippen molar-refractivity contribution in [3.63, 3.8) is 0 Å². The molecule has 3 aromatic rings. The molecule has 0 aliphatic carbocycles. The summed E-state index contributed by atoms with van der Waals surface area (Å²) in [4.78, 5) is 21.1. The smallest absolute Gasteiger partial charge is 0.340 e. The number of aliphatic hydroxyl groups excluding tert-OH is 1. The first-order valence-electron chi connectivity index (χ1n) is 16.9. The Balaban J connectivity index is 1.63. The van der Waals surface area contributed by atoms with Crippen molar-refractivity contribution in [2.24, 2.45) is 5.41 Å². The van der Waals surface area contributed by atoms with Crippen molar-refractivity contribution in [2.45, 2.75) is 118 Å². The highest BCUT2D eigenvalue weighted by Gasteiger charge is 2.38. The van der Waals surface area contributed by atoms with Gasteiger partial charge in [0.05, 0.1) is 29.7 Å². The summed E-state index contributed by atoms with van der Waals surface area (Å²) in [6, 6.07) is 16.8. The average molecular weight is 629 g/mol. The van der Waals surface area contributed by atoms with E-state index < -0.39 is 17.7 Å². The van der Waals surface area contributed by atoms with Crippen LogP contribution in [0.2, 0.25) is 0 Å². The van der Waals surface area contributed by atoms with Gasteiger partial charge in [0.2, 0.25) is 0 Å². The van der Waals surface area contributed by atoms with Gasteiger partial charge in [0, 0.05) is 36.3 Å². The zero-order valence-electron chi connectivity index (χ0n) is 29.0. The zero-order valence-corrected chi connectivity index (χ0v) is 29.0. The Bertz CT molecular complexity index is 1520. The second kappa shape index (κ2) is 13.7. The van der Waals surface area contributed by atoms with Gasteiger partial charge in [-0.15, -0.1) is 0 Å². The normalized spacial score (nSPS) is 18.6. The molecule has 1 unspecified atom stereocenters. The number of aliphatic hydroxyl groups is 1. The average Bonchev–Trinajstić information content (AvgIpc) is 2.99. The van der Waals surface area contributed by atoms with E-state index in [2.05, 4.69) is 61.2 Å². The fourth-order valence-electron chi connectivity index (χ4n) is 6.65. The number of nitrogens with zero attached hydrogens (tertiary/aromatic N) is 2. The molecular formula is C39H52N2O5. The molecule has 46 heavy (non-hydrogen) atoms. The van der Waals surface area contributed by atoms with Gasteiger partial charge >= 0.3 is 5.97 Å². The van der Waals surface area contributed by atoms with E-state index in [-0.39, 0.29) is 24.2 Å². The molecule has 5 rings (SSSR count). The number of piperidine rings is 1.